The minimum absolute atomic E-state index is 0.338. The zero-order valence-corrected chi connectivity index (χ0v) is 11.5. The van der Waals surface area contributed by atoms with E-state index in [2.05, 4.69) is 25.6 Å². The van der Waals surface area contributed by atoms with Crippen LogP contribution in [-0.4, -0.2) is 66.6 Å². The average Bonchev–Trinajstić information content (AvgIpc) is 2.83. The van der Waals surface area contributed by atoms with Crippen LogP contribution in [0, 0.1) is 0 Å². The van der Waals surface area contributed by atoms with Gasteiger partial charge in [0.05, 0.1) is 6.61 Å². The van der Waals surface area contributed by atoms with Gasteiger partial charge in [-0.1, -0.05) is 0 Å². The van der Waals surface area contributed by atoms with Gasteiger partial charge >= 0.3 is 0 Å². The third-order valence-corrected chi connectivity index (χ3v) is 2.91. The van der Waals surface area contributed by atoms with Crippen molar-refractivity contribution in [2.24, 2.45) is 0 Å². The van der Waals surface area contributed by atoms with Gasteiger partial charge in [-0.3, -0.25) is 0 Å². The SMILES string of the molecule is CNc1nc(NCC2(O)CCOC2)nc(N(C)C)n1. The first-order chi connectivity index (χ1) is 9.02. The first-order valence-electron chi connectivity index (χ1n) is 6.17. The second-order valence-electron chi connectivity index (χ2n) is 4.81. The lowest BCUT2D eigenvalue weighted by atomic mass is 10.0. The lowest BCUT2D eigenvalue weighted by molar-refractivity contribution is 0.0380. The maximum absolute atomic E-state index is 10.2. The molecular formula is C11H20N6O2. The molecule has 2 rings (SSSR count). The number of hydrogen-bond acceptors (Lipinski definition) is 8. The predicted molar refractivity (Wildman–Crippen MR) is 72.6 cm³/mol. The summed E-state index contributed by atoms with van der Waals surface area (Å²) in [6, 6.07) is 0. The summed E-state index contributed by atoms with van der Waals surface area (Å²) >= 11 is 0. The molecule has 0 aromatic carbocycles. The van der Waals surface area contributed by atoms with Crippen LogP contribution < -0.4 is 15.5 Å². The first-order valence-corrected chi connectivity index (χ1v) is 6.17. The zero-order valence-electron chi connectivity index (χ0n) is 11.5. The van der Waals surface area contributed by atoms with Crippen molar-refractivity contribution in [3.8, 4) is 0 Å². The van der Waals surface area contributed by atoms with Crippen molar-refractivity contribution in [3.63, 3.8) is 0 Å². The Morgan fingerprint density at radius 1 is 1.32 bits per heavy atom. The first kappa shape index (κ1) is 13.8. The van der Waals surface area contributed by atoms with Gasteiger partial charge in [-0.2, -0.15) is 15.0 Å². The Morgan fingerprint density at radius 2 is 2.05 bits per heavy atom. The molecule has 0 radical (unpaired) electrons. The number of nitrogens with zero attached hydrogens (tertiary/aromatic N) is 4. The number of aliphatic hydroxyl groups is 1. The fourth-order valence-corrected chi connectivity index (χ4v) is 1.74. The number of hydrogen-bond donors (Lipinski definition) is 3. The fourth-order valence-electron chi connectivity index (χ4n) is 1.74. The molecule has 0 amide bonds. The highest BCUT2D eigenvalue weighted by molar-refractivity contribution is 5.42. The van der Waals surface area contributed by atoms with Crippen LogP contribution in [0.3, 0.4) is 0 Å². The van der Waals surface area contributed by atoms with Crippen LogP contribution >= 0.6 is 0 Å². The van der Waals surface area contributed by atoms with Gasteiger partial charge in [-0.15, -0.1) is 0 Å². The van der Waals surface area contributed by atoms with E-state index in [-0.39, 0.29) is 0 Å². The molecular weight excluding hydrogens is 248 g/mol. The Labute approximate surface area is 112 Å². The number of ether oxygens (including phenoxy) is 1. The third kappa shape index (κ3) is 3.42. The Morgan fingerprint density at radius 3 is 2.63 bits per heavy atom. The molecule has 8 heteroatoms. The molecule has 3 N–H and O–H groups in total. The van der Waals surface area contributed by atoms with E-state index in [0.717, 1.165) is 0 Å². The van der Waals surface area contributed by atoms with Gasteiger partial charge in [0.15, 0.2) is 0 Å². The summed E-state index contributed by atoms with van der Waals surface area (Å²) in [6.07, 6.45) is 0.616. The van der Waals surface area contributed by atoms with Crippen LogP contribution in [-0.2, 0) is 4.74 Å². The van der Waals surface area contributed by atoms with Crippen LogP contribution in [0.25, 0.3) is 0 Å². The van der Waals surface area contributed by atoms with Crippen molar-refractivity contribution in [1.29, 1.82) is 0 Å². The molecule has 106 valence electrons. The molecule has 1 aromatic rings. The highest BCUT2D eigenvalue weighted by Crippen LogP contribution is 2.19. The standard InChI is InChI=1S/C11H20N6O2/c1-12-8-14-9(16-10(15-8)17(2)3)13-6-11(18)4-5-19-7-11/h18H,4-7H2,1-3H3,(H2,12,13,14,15,16). The zero-order chi connectivity index (χ0) is 13.9. The number of aromatic nitrogens is 3. The average molecular weight is 268 g/mol. The summed E-state index contributed by atoms with van der Waals surface area (Å²) in [6.45, 7) is 1.28. The van der Waals surface area contributed by atoms with E-state index >= 15 is 0 Å². The van der Waals surface area contributed by atoms with Crippen molar-refractivity contribution < 1.29 is 9.84 Å². The molecule has 1 fully saturated rings. The van der Waals surface area contributed by atoms with E-state index in [1.165, 1.54) is 0 Å². The molecule has 8 nitrogen and oxygen atoms in total. The molecule has 1 atom stereocenters. The van der Waals surface area contributed by atoms with E-state index < -0.39 is 5.60 Å². The molecule has 1 aliphatic rings. The van der Waals surface area contributed by atoms with E-state index in [9.17, 15) is 5.11 Å². The minimum atomic E-state index is -0.843. The normalized spacial score (nSPS) is 22.3. The van der Waals surface area contributed by atoms with Crippen molar-refractivity contribution in [2.75, 3.05) is 56.4 Å². The van der Waals surface area contributed by atoms with Crippen molar-refractivity contribution in [2.45, 2.75) is 12.0 Å². The lowest BCUT2D eigenvalue weighted by Gasteiger charge is -2.21. The smallest absolute Gasteiger partial charge is 0.231 e. The molecule has 0 aliphatic carbocycles. The number of rotatable bonds is 5. The van der Waals surface area contributed by atoms with Gasteiger partial charge in [0, 0.05) is 40.7 Å². The summed E-state index contributed by atoms with van der Waals surface area (Å²) < 4.78 is 5.19. The van der Waals surface area contributed by atoms with Crippen LogP contribution in [0.15, 0.2) is 0 Å². The second-order valence-corrected chi connectivity index (χ2v) is 4.81. The molecule has 2 heterocycles. The molecule has 19 heavy (non-hydrogen) atoms. The molecule has 1 aliphatic heterocycles. The van der Waals surface area contributed by atoms with Gasteiger partial charge < -0.3 is 25.4 Å². The maximum atomic E-state index is 10.2. The lowest BCUT2D eigenvalue weighted by Crippen LogP contribution is -2.37. The topological polar surface area (TPSA) is 95.4 Å². The van der Waals surface area contributed by atoms with Crippen LogP contribution in [0.2, 0.25) is 0 Å². The molecule has 0 spiro atoms. The highest BCUT2D eigenvalue weighted by atomic mass is 16.5. The van der Waals surface area contributed by atoms with Gasteiger partial charge in [0.25, 0.3) is 0 Å². The van der Waals surface area contributed by atoms with Gasteiger partial charge in [0.2, 0.25) is 17.8 Å². The van der Waals surface area contributed by atoms with E-state index in [0.29, 0.717) is 44.0 Å². The second kappa shape index (κ2) is 5.54. The van der Waals surface area contributed by atoms with Crippen LogP contribution in [0.4, 0.5) is 17.8 Å². The Hall–Kier alpha value is -1.67. The minimum Gasteiger partial charge on any atom is -0.386 e. The van der Waals surface area contributed by atoms with Gasteiger partial charge in [-0.25, -0.2) is 0 Å². The maximum Gasteiger partial charge on any atom is 0.231 e. The quantitative estimate of drug-likeness (QED) is 0.660. The van der Waals surface area contributed by atoms with E-state index in [4.69, 9.17) is 4.74 Å². The monoisotopic (exact) mass is 268 g/mol. The van der Waals surface area contributed by atoms with Crippen molar-refractivity contribution in [3.05, 3.63) is 0 Å². The van der Waals surface area contributed by atoms with E-state index in [1.54, 1.807) is 11.9 Å². The molecule has 0 saturated carbocycles. The summed E-state index contributed by atoms with van der Waals surface area (Å²) in [4.78, 5) is 14.5. The number of anilines is 3. The largest absolute Gasteiger partial charge is 0.386 e. The molecule has 1 saturated heterocycles. The number of nitrogens with one attached hydrogen (secondary N) is 2. The predicted octanol–water partition coefficient (Wildman–Crippen LogP) is -0.457. The Kier molecular flexibility index (Phi) is 4.01. The summed E-state index contributed by atoms with van der Waals surface area (Å²) in [5, 5.41) is 16.1. The summed E-state index contributed by atoms with van der Waals surface area (Å²) in [5.74, 6) is 1.47. The Bertz CT molecular complexity index is 433. The van der Waals surface area contributed by atoms with Gasteiger partial charge in [-0.05, 0) is 0 Å². The molecule has 0 bridgehead atoms. The van der Waals surface area contributed by atoms with Crippen LogP contribution in [0.5, 0.6) is 0 Å². The van der Waals surface area contributed by atoms with Crippen molar-refractivity contribution in [1.82, 2.24) is 15.0 Å². The van der Waals surface area contributed by atoms with Crippen molar-refractivity contribution >= 4 is 17.8 Å². The molecule has 1 aromatic heterocycles. The van der Waals surface area contributed by atoms with E-state index in [1.807, 2.05) is 14.1 Å². The summed E-state index contributed by atoms with van der Waals surface area (Å²) in [5.41, 5.74) is -0.843. The third-order valence-electron chi connectivity index (χ3n) is 2.91. The molecule has 1 unspecified atom stereocenters. The fraction of sp³-hybridized carbons (Fsp3) is 0.727. The summed E-state index contributed by atoms with van der Waals surface area (Å²) in [7, 11) is 5.46. The highest BCUT2D eigenvalue weighted by Gasteiger charge is 2.32. The Balaban J connectivity index is 2.08. The van der Waals surface area contributed by atoms with Crippen LogP contribution in [0.1, 0.15) is 6.42 Å². The van der Waals surface area contributed by atoms with Gasteiger partial charge in [0.1, 0.15) is 5.60 Å².